The molecule has 0 spiro atoms. The molecule has 0 saturated heterocycles. The Morgan fingerprint density at radius 1 is 0.364 bits per heavy atom. The normalized spacial score (nSPS) is 5.68. The van der Waals surface area contributed by atoms with Gasteiger partial charge in [-0.3, -0.25) is 0 Å². The van der Waals surface area contributed by atoms with Gasteiger partial charge in [-0.25, -0.2) is 0 Å². The first kappa shape index (κ1) is 45.1. The molecule has 0 saturated carbocycles. The molecule has 0 heterocycles. The first-order valence-electron chi connectivity index (χ1n) is 2.74. The first-order valence-corrected chi connectivity index (χ1v) is 16.2. The van der Waals surface area contributed by atoms with E-state index >= 15 is 0 Å². The second-order valence-corrected chi connectivity index (χ2v) is 6.61. The zero-order chi connectivity index (χ0) is 17.9. The van der Waals surface area contributed by atoms with Crippen molar-refractivity contribution in [1.82, 2.24) is 0 Å². The van der Waals surface area contributed by atoms with Crippen molar-refractivity contribution in [3.8, 4) is 0 Å². The summed E-state index contributed by atoms with van der Waals surface area (Å²) in [5.74, 6) is 0. The average molecular weight is 931 g/mol. The predicted octanol–water partition coefficient (Wildman–Crippen LogP) is -7.53. The average Bonchev–Trinajstić information content (AvgIpc) is 1.94. The van der Waals surface area contributed by atoms with Crippen LogP contribution in [0.2, 0.25) is 0 Å². The van der Waals surface area contributed by atoms with E-state index in [4.69, 9.17) is 50.6 Å². The molecule has 0 aliphatic carbocycles. The van der Waals surface area contributed by atoms with Gasteiger partial charge in [-0.2, -0.15) is 0 Å². The summed E-state index contributed by atoms with van der Waals surface area (Å²) in [6.45, 7) is 0. The molecule has 0 radical (unpaired) electrons. The van der Waals surface area contributed by atoms with E-state index < -0.39 is 93.9 Å². The van der Waals surface area contributed by atoms with Crippen LogP contribution in [-0.2, 0) is 126 Å². The van der Waals surface area contributed by atoms with E-state index in [0.29, 0.717) is 0 Å². The maximum Gasteiger partial charge on any atom is 2.00 e. The topological polar surface area (TPSA) is 286 Å². The minimum Gasteiger partial charge on any atom is 2.00 e. The van der Waals surface area contributed by atoms with Crippen molar-refractivity contribution < 1.29 is 180 Å². The molecule has 0 aliphatic heterocycles. The van der Waals surface area contributed by atoms with Gasteiger partial charge in [0.2, 0.25) is 0 Å². The third kappa shape index (κ3) is 744. The fourth-order valence-electron chi connectivity index (χ4n) is 0. The molecule has 0 unspecified atom stereocenters. The van der Waals surface area contributed by atoms with Crippen LogP contribution in [-0.4, -0.2) is 45.5 Å². The smallest absolute Gasteiger partial charge is 2.00 e. The molecule has 0 amide bonds. The molecule has 0 rings (SSSR count). The molecule has 15 nitrogen and oxygen atoms in total. The van der Waals surface area contributed by atoms with Crippen molar-refractivity contribution >= 4 is 45.5 Å². The van der Waals surface area contributed by atoms with Crippen molar-refractivity contribution in [3.05, 3.63) is 0 Å². The standard InChI is InChI=1S/La.5Nb.15O.Sr/q+3;;;;;;;;;;;;;;;;5*-1;+2. The predicted molar refractivity (Wildman–Crippen MR) is 12.6 cm³/mol. The van der Waals surface area contributed by atoms with Crippen LogP contribution < -0.4 is 18.1 Å². The number of hydrogen-bond donors (Lipinski definition) is 0. The van der Waals surface area contributed by atoms with E-state index in [-0.39, 0.29) is 81.1 Å². The minimum atomic E-state index is -4.20. The van der Waals surface area contributed by atoms with E-state index in [1.54, 1.807) is 0 Å². The van der Waals surface area contributed by atoms with Gasteiger partial charge < -0.3 is 0 Å². The van der Waals surface area contributed by atoms with Gasteiger partial charge in [-0.15, -0.1) is 0 Å². The summed E-state index contributed by atoms with van der Waals surface area (Å²) in [6, 6.07) is 0. The molecular weight excluding hydrogens is 931 g/mol. The fourth-order valence-corrected chi connectivity index (χ4v) is 0. The molecular formula is LaNb5O15Sr. The Balaban J connectivity index is -0.0000000250. The van der Waals surface area contributed by atoms with Crippen LogP contribution in [0.15, 0.2) is 0 Å². The van der Waals surface area contributed by atoms with E-state index in [1.807, 2.05) is 0 Å². The van der Waals surface area contributed by atoms with E-state index in [2.05, 4.69) is 0 Å². The summed E-state index contributed by atoms with van der Waals surface area (Å²) >= 11 is -21.0. The van der Waals surface area contributed by atoms with Crippen LogP contribution in [0.5, 0.6) is 0 Å². The van der Waals surface area contributed by atoms with Gasteiger partial charge in [0.1, 0.15) is 0 Å². The van der Waals surface area contributed by atoms with Gasteiger partial charge in [0.05, 0.1) is 0 Å². The molecule has 0 aromatic heterocycles. The molecule has 0 aromatic carbocycles. The summed E-state index contributed by atoms with van der Waals surface area (Å²) in [5, 5.41) is 0. The van der Waals surface area contributed by atoms with Gasteiger partial charge in [0.15, 0.2) is 0 Å². The van der Waals surface area contributed by atoms with Gasteiger partial charge in [0, 0.05) is 0 Å². The molecule has 0 fully saturated rings. The van der Waals surface area contributed by atoms with Gasteiger partial charge in [0.25, 0.3) is 0 Å². The number of hydrogen-bond acceptors (Lipinski definition) is 15. The van der Waals surface area contributed by atoms with Crippen LogP contribution in [0.1, 0.15) is 0 Å². The molecule has 0 aliphatic rings. The molecule has 120 valence electrons. The van der Waals surface area contributed by atoms with Gasteiger partial charge in [-0.05, 0) is 0 Å². The van der Waals surface area contributed by atoms with Gasteiger partial charge >= 0.3 is 226 Å². The molecule has 0 bridgehead atoms. The fraction of sp³-hybridized carbons (Fsp3) is 0. The summed E-state index contributed by atoms with van der Waals surface area (Å²) in [5.41, 5.74) is 0. The maximum atomic E-state index is 8.60. The van der Waals surface area contributed by atoms with Crippen LogP contribution in [0.25, 0.3) is 0 Å². The summed E-state index contributed by atoms with van der Waals surface area (Å²) in [4.78, 5) is 0. The van der Waals surface area contributed by atoms with E-state index in [1.165, 1.54) is 0 Å². The zero-order valence-corrected chi connectivity index (χ0v) is 27.7. The Bertz CT molecular complexity index is 386. The van der Waals surface area contributed by atoms with Crippen LogP contribution >= 0.6 is 0 Å². The SMILES string of the molecule is [La+3].[O]=[Nb](=[O])[O-].[O]=[Nb](=[O])[O-].[O]=[Nb](=[O])[O-].[O]=[Nb](=[O])[O-].[O]=[Nb](=[O])[O-].[Sr+2]. The summed E-state index contributed by atoms with van der Waals surface area (Å²) in [7, 11) is 0. The molecule has 0 atom stereocenters. The van der Waals surface area contributed by atoms with Crippen LogP contribution in [0.3, 0.4) is 0 Å². The van der Waals surface area contributed by atoms with E-state index in [9.17, 15) is 0 Å². The molecule has 0 aromatic rings. The van der Waals surface area contributed by atoms with Crippen LogP contribution in [0.4, 0.5) is 0 Å². The largest absolute Gasteiger partial charge is 2.00 e. The van der Waals surface area contributed by atoms with Crippen molar-refractivity contribution in [1.29, 1.82) is 0 Å². The van der Waals surface area contributed by atoms with Gasteiger partial charge in [-0.1, -0.05) is 0 Å². The monoisotopic (exact) mass is 931 g/mol. The summed E-state index contributed by atoms with van der Waals surface area (Å²) < 4.78 is 129. The first-order chi connectivity index (χ1) is 8.66. The van der Waals surface area contributed by atoms with Crippen molar-refractivity contribution in [2.45, 2.75) is 0 Å². The second-order valence-electron chi connectivity index (χ2n) is 1.12. The van der Waals surface area contributed by atoms with Crippen molar-refractivity contribution in [3.63, 3.8) is 0 Å². The molecule has 22 heteroatoms. The third-order valence-electron chi connectivity index (χ3n) is 0. The Kier molecular flexibility index (Phi) is 82.1. The van der Waals surface area contributed by atoms with Crippen LogP contribution in [0, 0.1) is 35.6 Å². The van der Waals surface area contributed by atoms with Crippen molar-refractivity contribution in [2.24, 2.45) is 0 Å². The Hall–Kier alpha value is 4.18. The number of rotatable bonds is 0. The molecule has 22 heavy (non-hydrogen) atoms. The minimum absolute atomic E-state index is 0. The Labute approximate surface area is 220 Å². The van der Waals surface area contributed by atoms with E-state index in [0.717, 1.165) is 0 Å². The Morgan fingerprint density at radius 2 is 0.364 bits per heavy atom. The third-order valence-corrected chi connectivity index (χ3v) is 0. The Morgan fingerprint density at radius 3 is 0.364 bits per heavy atom. The quantitative estimate of drug-likeness (QED) is 0.204. The maximum absolute atomic E-state index is 8.60. The second kappa shape index (κ2) is 40.0. The summed E-state index contributed by atoms with van der Waals surface area (Å²) in [6.07, 6.45) is 0. The zero-order valence-electron chi connectivity index (χ0n) is 9.64. The molecule has 0 N–H and O–H groups in total. The van der Waals surface area contributed by atoms with Crippen molar-refractivity contribution in [2.75, 3.05) is 0 Å².